The molecule has 0 amide bonds. The lowest BCUT2D eigenvalue weighted by molar-refractivity contribution is -0.158. The fourth-order valence-electron chi connectivity index (χ4n) is 2.27. The van der Waals surface area contributed by atoms with Gasteiger partial charge in [0, 0.05) is 5.56 Å². The van der Waals surface area contributed by atoms with Gasteiger partial charge >= 0.3 is 5.97 Å². The number of carbonyl (C=O) groups excluding carboxylic acids is 2. The summed E-state index contributed by atoms with van der Waals surface area (Å²) >= 11 is 0. The smallest absolute Gasteiger partial charge is 0.349 e. The molecule has 0 heterocycles. The van der Waals surface area contributed by atoms with Gasteiger partial charge in [0.15, 0.2) is 11.4 Å². The minimum Gasteiger partial charge on any atom is -0.476 e. The van der Waals surface area contributed by atoms with E-state index in [2.05, 4.69) is 0 Å². The average molecular weight is 352 g/mol. The van der Waals surface area contributed by atoms with Gasteiger partial charge in [-0.1, -0.05) is 48.0 Å². The molecule has 0 spiro atoms. The Morgan fingerprint density at radius 1 is 1.00 bits per heavy atom. The predicted octanol–water partition coefficient (Wildman–Crippen LogP) is 4.61. The first-order valence-corrected chi connectivity index (χ1v) is 8.57. The molecule has 0 saturated heterocycles. The first-order chi connectivity index (χ1) is 12.3. The maximum Gasteiger partial charge on any atom is 0.349 e. The maximum atomic E-state index is 12.2. The summed E-state index contributed by atoms with van der Waals surface area (Å²) in [5.74, 6) is 0.103. The second-order valence-corrected chi connectivity index (χ2v) is 6.47. The van der Waals surface area contributed by atoms with Crippen molar-refractivity contribution in [2.24, 2.45) is 0 Å². The summed E-state index contributed by atoms with van der Waals surface area (Å²) in [5, 5.41) is 0. The van der Waals surface area contributed by atoms with E-state index in [1.165, 1.54) is 0 Å². The quantitative estimate of drug-likeness (QED) is 0.415. The highest BCUT2D eigenvalue weighted by Gasteiger charge is 2.31. The summed E-state index contributed by atoms with van der Waals surface area (Å²) in [7, 11) is 0. The zero-order valence-electron chi connectivity index (χ0n) is 15.6. The number of carbonyl (C=O) groups is 2. The van der Waals surface area contributed by atoms with Crippen molar-refractivity contribution in [1.29, 1.82) is 0 Å². The lowest BCUT2D eigenvalue weighted by atomic mass is 10.1. The van der Waals surface area contributed by atoms with Crippen molar-refractivity contribution in [1.82, 2.24) is 0 Å². The number of hydrogen-bond donors (Lipinski definition) is 0. The van der Waals surface area contributed by atoms with Crippen LogP contribution < -0.4 is 4.74 Å². The molecule has 0 saturated carbocycles. The Bertz CT molecular complexity index is 784. The highest BCUT2D eigenvalue weighted by Crippen LogP contribution is 2.21. The van der Waals surface area contributed by atoms with Gasteiger partial charge in [0.05, 0.1) is 6.61 Å². The summed E-state index contributed by atoms with van der Waals surface area (Å²) in [5.41, 5.74) is 1.58. The van der Waals surface area contributed by atoms with Crippen LogP contribution in [0, 0.1) is 6.92 Å². The zero-order chi connectivity index (χ0) is 19.2. The molecule has 0 fully saturated rings. The molecule has 2 aromatic rings. The number of esters is 1. The molecule has 0 atom stereocenters. The zero-order valence-corrected chi connectivity index (χ0v) is 15.6. The first-order valence-electron chi connectivity index (χ1n) is 8.57. The monoisotopic (exact) mass is 352 g/mol. The van der Waals surface area contributed by atoms with Gasteiger partial charge in [-0.05, 0) is 51.5 Å². The number of allylic oxidation sites excluding steroid dienone is 1. The van der Waals surface area contributed by atoms with Crippen LogP contribution in [0.5, 0.6) is 5.75 Å². The highest BCUT2D eigenvalue weighted by atomic mass is 16.6. The van der Waals surface area contributed by atoms with E-state index >= 15 is 0 Å². The van der Waals surface area contributed by atoms with Crippen LogP contribution in [0.2, 0.25) is 0 Å². The topological polar surface area (TPSA) is 52.6 Å². The van der Waals surface area contributed by atoms with Gasteiger partial charge in [-0.15, -0.1) is 0 Å². The fraction of sp³-hybridized carbons (Fsp3) is 0.273. The average Bonchev–Trinajstić information content (AvgIpc) is 2.61. The van der Waals surface area contributed by atoms with Crippen molar-refractivity contribution in [2.45, 2.75) is 33.3 Å². The van der Waals surface area contributed by atoms with Crippen molar-refractivity contribution in [2.75, 3.05) is 6.61 Å². The first kappa shape index (κ1) is 19.4. The van der Waals surface area contributed by atoms with Crippen LogP contribution in [-0.2, 0) is 9.53 Å². The number of benzene rings is 2. The van der Waals surface area contributed by atoms with Gasteiger partial charge < -0.3 is 9.47 Å². The van der Waals surface area contributed by atoms with Crippen LogP contribution in [0.4, 0.5) is 0 Å². The van der Waals surface area contributed by atoms with Gasteiger partial charge in [-0.25, -0.2) is 4.79 Å². The van der Waals surface area contributed by atoms with Crippen LogP contribution in [-0.4, -0.2) is 24.0 Å². The number of hydrogen-bond acceptors (Lipinski definition) is 4. The van der Waals surface area contributed by atoms with Crippen molar-refractivity contribution in [3.8, 4) is 5.75 Å². The minimum absolute atomic E-state index is 0.0474. The molecule has 0 aliphatic heterocycles. The molecule has 2 aromatic carbocycles. The largest absolute Gasteiger partial charge is 0.476 e. The summed E-state index contributed by atoms with van der Waals surface area (Å²) in [6.07, 6.45) is 3.30. The molecule has 2 rings (SSSR count). The van der Waals surface area contributed by atoms with Crippen molar-refractivity contribution >= 4 is 17.8 Å². The molecule has 4 heteroatoms. The molecular formula is C22H24O4. The van der Waals surface area contributed by atoms with Gasteiger partial charge in [0.2, 0.25) is 0 Å². The summed E-state index contributed by atoms with van der Waals surface area (Å²) in [4.78, 5) is 24.0. The van der Waals surface area contributed by atoms with Crippen LogP contribution >= 0.6 is 0 Å². The van der Waals surface area contributed by atoms with E-state index in [4.69, 9.17) is 9.47 Å². The molecule has 0 unspecified atom stereocenters. The van der Waals surface area contributed by atoms with Crippen molar-refractivity contribution in [3.63, 3.8) is 0 Å². The van der Waals surface area contributed by atoms with Crippen LogP contribution in [0.1, 0.15) is 42.3 Å². The standard InChI is InChI=1S/C22H24O4/c1-5-25-21(24)22(3,4)26-19-13-8-17(9-14-19)10-15-20(23)18-11-6-16(2)7-12-18/h6-15H,5H2,1-4H3. The molecule has 4 nitrogen and oxygen atoms in total. The highest BCUT2D eigenvalue weighted by molar-refractivity contribution is 6.06. The Hall–Kier alpha value is -2.88. The molecular weight excluding hydrogens is 328 g/mol. The fourth-order valence-corrected chi connectivity index (χ4v) is 2.27. The number of ether oxygens (including phenoxy) is 2. The third-order valence-electron chi connectivity index (χ3n) is 3.78. The molecule has 0 radical (unpaired) electrons. The third-order valence-corrected chi connectivity index (χ3v) is 3.78. The molecule has 136 valence electrons. The van der Waals surface area contributed by atoms with E-state index < -0.39 is 11.6 Å². The summed E-state index contributed by atoms with van der Waals surface area (Å²) < 4.78 is 10.7. The van der Waals surface area contributed by atoms with Crippen LogP contribution in [0.15, 0.2) is 54.6 Å². The maximum absolute atomic E-state index is 12.2. The van der Waals surface area contributed by atoms with Crippen LogP contribution in [0.25, 0.3) is 6.08 Å². The van der Waals surface area contributed by atoms with E-state index in [0.29, 0.717) is 17.9 Å². The van der Waals surface area contributed by atoms with E-state index in [-0.39, 0.29) is 5.78 Å². The molecule has 0 aromatic heterocycles. The Morgan fingerprint density at radius 2 is 1.62 bits per heavy atom. The Balaban J connectivity index is 2.01. The van der Waals surface area contributed by atoms with Gasteiger partial charge in [0.1, 0.15) is 5.75 Å². The number of aryl methyl sites for hydroxylation is 1. The van der Waals surface area contributed by atoms with E-state index in [9.17, 15) is 9.59 Å². The lowest BCUT2D eigenvalue weighted by Crippen LogP contribution is -2.39. The molecule has 26 heavy (non-hydrogen) atoms. The third kappa shape index (κ3) is 5.31. The second-order valence-electron chi connectivity index (χ2n) is 6.47. The summed E-state index contributed by atoms with van der Waals surface area (Å²) in [6.45, 7) is 7.38. The predicted molar refractivity (Wildman–Crippen MR) is 102 cm³/mol. The normalized spacial score (nSPS) is 11.4. The van der Waals surface area contributed by atoms with Crippen LogP contribution in [0.3, 0.4) is 0 Å². The molecule has 0 aliphatic carbocycles. The Labute approximate surface area is 154 Å². The second kappa shape index (κ2) is 8.48. The Morgan fingerprint density at radius 3 is 2.19 bits per heavy atom. The van der Waals surface area contributed by atoms with E-state index in [0.717, 1.165) is 11.1 Å². The van der Waals surface area contributed by atoms with Gasteiger partial charge in [0.25, 0.3) is 0 Å². The van der Waals surface area contributed by atoms with Gasteiger partial charge in [-0.2, -0.15) is 0 Å². The van der Waals surface area contributed by atoms with E-state index in [1.807, 2.05) is 43.3 Å². The summed E-state index contributed by atoms with van der Waals surface area (Å²) in [6, 6.07) is 14.6. The van der Waals surface area contributed by atoms with Gasteiger partial charge in [-0.3, -0.25) is 4.79 Å². The van der Waals surface area contributed by atoms with Crippen molar-refractivity contribution in [3.05, 3.63) is 71.3 Å². The number of rotatable bonds is 7. The number of ketones is 1. The molecule has 0 bridgehead atoms. The van der Waals surface area contributed by atoms with Crippen molar-refractivity contribution < 1.29 is 19.1 Å². The SMILES string of the molecule is CCOC(=O)C(C)(C)Oc1ccc(C=CC(=O)c2ccc(C)cc2)cc1. The Kier molecular flexibility index (Phi) is 6.34. The lowest BCUT2D eigenvalue weighted by Gasteiger charge is -2.24. The van der Waals surface area contributed by atoms with E-state index in [1.54, 1.807) is 45.1 Å². The minimum atomic E-state index is -1.06. The molecule has 0 N–H and O–H groups in total. The molecule has 0 aliphatic rings.